The Balaban J connectivity index is 1.20. The summed E-state index contributed by atoms with van der Waals surface area (Å²) in [5, 5.41) is 8.00. The molecule has 1 aliphatic heterocycles. The number of ether oxygens (including phenoxy) is 1. The van der Waals surface area contributed by atoms with Crippen molar-refractivity contribution >= 4 is 23.4 Å². The van der Waals surface area contributed by atoms with Crippen LogP contribution in [0.3, 0.4) is 0 Å². The van der Waals surface area contributed by atoms with Crippen LogP contribution in [0.25, 0.3) is 0 Å². The highest BCUT2D eigenvalue weighted by Gasteiger charge is 2.46. The Bertz CT molecular complexity index is 1280. The Morgan fingerprint density at radius 1 is 1.14 bits per heavy atom. The fraction of sp³-hybridized carbons (Fsp3) is 0.520. The van der Waals surface area contributed by atoms with Crippen LogP contribution in [-0.2, 0) is 6.54 Å². The quantitative estimate of drug-likeness (QED) is 0.439. The van der Waals surface area contributed by atoms with Crippen molar-refractivity contribution in [3.05, 3.63) is 47.1 Å². The van der Waals surface area contributed by atoms with Crippen LogP contribution in [0.1, 0.15) is 31.4 Å². The minimum Gasteiger partial charge on any atom is -0.424 e. The number of rotatable bonds is 7. The first-order valence-electron chi connectivity index (χ1n) is 12.5. The van der Waals surface area contributed by atoms with Gasteiger partial charge in [-0.2, -0.15) is 4.98 Å². The largest absolute Gasteiger partial charge is 0.424 e. The van der Waals surface area contributed by atoms with Crippen molar-refractivity contribution in [2.75, 3.05) is 23.3 Å². The summed E-state index contributed by atoms with van der Waals surface area (Å²) in [4.78, 5) is 15.5. The smallest absolute Gasteiger partial charge is 0.322 e. The summed E-state index contributed by atoms with van der Waals surface area (Å²) in [5.41, 5.74) is 0.937. The fourth-order valence-electron chi connectivity index (χ4n) is 5.80. The highest BCUT2D eigenvalue weighted by atomic mass is 35.5. The fourth-order valence-corrected chi connectivity index (χ4v) is 5.97. The highest BCUT2D eigenvalue weighted by Crippen LogP contribution is 2.44. The first kappa shape index (κ1) is 24.3. The summed E-state index contributed by atoms with van der Waals surface area (Å²) < 4.78 is 47.9. The lowest BCUT2D eigenvalue weighted by atomic mass is 9.81. The third-order valence-electron chi connectivity index (χ3n) is 7.59. The summed E-state index contributed by atoms with van der Waals surface area (Å²) in [5.74, 6) is -1.03. The van der Waals surface area contributed by atoms with Gasteiger partial charge in [0.15, 0.2) is 0 Å². The maximum absolute atomic E-state index is 13.6. The number of nitrogens with zero attached hydrogens (tertiary/aromatic N) is 6. The van der Waals surface area contributed by atoms with E-state index in [-0.39, 0.29) is 42.4 Å². The van der Waals surface area contributed by atoms with Crippen LogP contribution in [0.15, 0.2) is 30.6 Å². The first-order chi connectivity index (χ1) is 17.7. The van der Waals surface area contributed by atoms with E-state index in [1.54, 1.807) is 6.33 Å². The van der Waals surface area contributed by atoms with Crippen molar-refractivity contribution in [3.8, 4) is 11.8 Å². The second-order valence-electron chi connectivity index (χ2n) is 10.4. The normalized spacial score (nSPS) is 24.7. The molecule has 1 saturated heterocycles. The molecule has 1 N–H and O–H groups in total. The first-order valence-corrected chi connectivity index (χ1v) is 12.9. The molecule has 0 amide bonds. The van der Waals surface area contributed by atoms with E-state index in [9.17, 15) is 13.2 Å². The number of hydrogen-bond acceptors (Lipinski definition) is 7. The highest BCUT2D eigenvalue weighted by molar-refractivity contribution is 6.30. The van der Waals surface area contributed by atoms with Gasteiger partial charge in [0.05, 0.1) is 5.02 Å². The Hall–Kier alpha value is -3.08. The van der Waals surface area contributed by atoms with Crippen LogP contribution in [0.2, 0.25) is 5.02 Å². The van der Waals surface area contributed by atoms with E-state index >= 15 is 0 Å². The molecule has 196 valence electrons. The number of nitrogens with one attached hydrogen (secondary N) is 1. The van der Waals surface area contributed by atoms with Gasteiger partial charge in [0.25, 0.3) is 0 Å². The second kappa shape index (κ2) is 9.34. The van der Waals surface area contributed by atoms with Crippen molar-refractivity contribution < 1.29 is 17.9 Å². The summed E-state index contributed by atoms with van der Waals surface area (Å²) in [6.45, 7) is 3.94. The number of piperidine rings is 1. The zero-order chi connectivity index (χ0) is 25.7. The standard InChI is InChI=1S/C25H27ClF3N7O/c1-14-6-21(31-13-30-14)35-11-16-2-3-17(12-35)22(16)32-23-33-24(37-18-4-5-20(27)19(26)7-18)36(34-23)10-15-8-25(28,29)9-15/h4-7,13,15-17,22H,2-3,8-12H2,1H3,(H,32,34). The van der Waals surface area contributed by atoms with Gasteiger partial charge in [-0.1, -0.05) is 11.6 Å². The van der Waals surface area contributed by atoms with Gasteiger partial charge in [0, 0.05) is 56.3 Å². The van der Waals surface area contributed by atoms with Gasteiger partial charge < -0.3 is 15.0 Å². The molecule has 2 atom stereocenters. The van der Waals surface area contributed by atoms with Crippen molar-refractivity contribution in [2.45, 2.75) is 51.1 Å². The van der Waals surface area contributed by atoms with Gasteiger partial charge in [0.1, 0.15) is 23.7 Å². The lowest BCUT2D eigenvalue weighted by Gasteiger charge is -2.38. The molecule has 2 saturated carbocycles. The number of halogens is 4. The topological polar surface area (TPSA) is 81.0 Å². The molecule has 8 nitrogen and oxygen atoms in total. The zero-order valence-corrected chi connectivity index (χ0v) is 21.0. The van der Waals surface area contributed by atoms with Gasteiger partial charge in [-0.25, -0.2) is 27.8 Å². The van der Waals surface area contributed by atoms with Gasteiger partial charge in [-0.05, 0) is 49.7 Å². The Morgan fingerprint density at radius 3 is 2.57 bits per heavy atom. The van der Waals surface area contributed by atoms with E-state index in [0.29, 0.717) is 23.5 Å². The maximum Gasteiger partial charge on any atom is 0.322 e. The van der Waals surface area contributed by atoms with Crippen LogP contribution in [0, 0.1) is 30.5 Å². The molecule has 2 aliphatic carbocycles. The number of aryl methyl sites for hydroxylation is 1. The monoisotopic (exact) mass is 533 g/mol. The number of fused-ring (bicyclic) bond motifs is 2. The minimum atomic E-state index is -2.63. The van der Waals surface area contributed by atoms with Crippen LogP contribution < -0.4 is 15.0 Å². The molecule has 3 aliphatic rings. The molecule has 2 unspecified atom stereocenters. The van der Waals surface area contributed by atoms with Crippen molar-refractivity contribution in [1.82, 2.24) is 24.7 Å². The summed E-state index contributed by atoms with van der Waals surface area (Å²) >= 11 is 5.90. The third kappa shape index (κ3) is 5.05. The molecular formula is C25H27ClF3N7O. The molecular weight excluding hydrogens is 507 g/mol. The van der Waals surface area contributed by atoms with Crippen LogP contribution in [0.5, 0.6) is 11.8 Å². The average molecular weight is 534 g/mol. The van der Waals surface area contributed by atoms with Gasteiger partial charge >= 0.3 is 6.01 Å². The van der Waals surface area contributed by atoms with Crippen LogP contribution >= 0.6 is 11.6 Å². The molecule has 3 fully saturated rings. The third-order valence-corrected chi connectivity index (χ3v) is 7.88. The van der Waals surface area contributed by atoms with E-state index in [0.717, 1.165) is 37.4 Å². The Labute approximate surface area is 217 Å². The van der Waals surface area contributed by atoms with Crippen LogP contribution in [0.4, 0.5) is 24.9 Å². The number of benzene rings is 1. The molecule has 0 radical (unpaired) electrons. The summed E-state index contributed by atoms with van der Waals surface area (Å²) in [7, 11) is 0. The van der Waals surface area contributed by atoms with Crippen LogP contribution in [-0.4, -0.2) is 49.8 Å². The van der Waals surface area contributed by atoms with Crippen molar-refractivity contribution in [2.24, 2.45) is 17.8 Å². The lowest BCUT2D eigenvalue weighted by Crippen LogP contribution is -2.48. The Kier molecular flexibility index (Phi) is 6.13. The molecule has 1 aromatic carbocycles. The van der Waals surface area contributed by atoms with Gasteiger partial charge in [-0.15, -0.1) is 5.10 Å². The SMILES string of the molecule is Cc1cc(N2CC3CCC(C2)C3Nc2nc(Oc3ccc(F)c(Cl)c3)n(CC3CC(F)(F)C3)n2)ncn1. The van der Waals surface area contributed by atoms with E-state index in [2.05, 4.69) is 30.3 Å². The molecule has 0 spiro atoms. The number of aromatic nitrogens is 5. The predicted octanol–water partition coefficient (Wildman–Crippen LogP) is 5.33. The molecule has 12 heteroatoms. The second-order valence-corrected chi connectivity index (χ2v) is 10.8. The molecule has 6 rings (SSSR count). The summed E-state index contributed by atoms with van der Waals surface area (Å²) in [6, 6.07) is 6.33. The van der Waals surface area contributed by atoms with E-state index in [1.807, 2.05) is 13.0 Å². The molecule has 3 aromatic rings. The molecule has 2 aromatic heterocycles. The molecule has 3 heterocycles. The maximum atomic E-state index is 13.6. The van der Waals surface area contributed by atoms with E-state index < -0.39 is 11.7 Å². The van der Waals surface area contributed by atoms with Gasteiger partial charge in [0.2, 0.25) is 11.9 Å². The van der Waals surface area contributed by atoms with E-state index in [1.165, 1.54) is 22.9 Å². The Morgan fingerprint density at radius 2 is 1.89 bits per heavy atom. The van der Waals surface area contributed by atoms with Gasteiger partial charge in [-0.3, -0.25) is 0 Å². The van der Waals surface area contributed by atoms with E-state index in [4.69, 9.17) is 16.3 Å². The zero-order valence-electron chi connectivity index (χ0n) is 20.2. The molecule has 2 bridgehead atoms. The predicted molar refractivity (Wildman–Crippen MR) is 132 cm³/mol. The molecule has 37 heavy (non-hydrogen) atoms. The summed E-state index contributed by atoms with van der Waals surface area (Å²) in [6.07, 6.45) is 3.38. The van der Waals surface area contributed by atoms with Crippen molar-refractivity contribution in [1.29, 1.82) is 0 Å². The minimum absolute atomic E-state index is 0.0808. The van der Waals surface area contributed by atoms with Crippen molar-refractivity contribution in [3.63, 3.8) is 0 Å². The average Bonchev–Trinajstić information content (AvgIpc) is 3.29. The number of alkyl halides is 2. The number of hydrogen-bond donors (Lipinski definition) is 1. The lowest BCUT2D eigenvalue weighted by molar-refractivity contribution is -0.115. The number of anilines is 2.